The van der Waals surface area contributed by atoms with Gasteiger partial charge >= 0.3 is 0 Å². The number of fused-ring (bicyclic) bond motifs is 1. The summed E-state index contributed by atoms with van der Waals surface area (Å²) in [4.78, 5) is 26.0. The number of hydrogen-bond acceptors (Lipinski definition) is 6. The lowest BCUT2D eigenvalue weighted by Gasteiger charge is -2.09. The standard InChI is InChI=1S/C22H24N6OS/c1-14(2)28-21-17(12-25-28)11-18(15(3)26-21)22(29)24-8-4-5-20-27-19(13-30-20)16-6-9-23-10-7-16/h6-7,9-14H,4-5,8H2,1-3H3,(H,24,29). The van der Waals surface area contributed by atoms with Gasteiger partial charge in [0.1, 0.15) is 0 Å². The van der Waals surface area contributed by atoms with E-state index >= 15 is 0 Å². The van der Waals surface area contributed by atoms with Gasteiger partial charge in [-0.15, -0.1) is 11.3 Å². The molecular weight excluding hydrogens is 396 g/mol. The van der Waals surface area contributed by atoms with E-state index in [9.17, 15) is 4.79 Å². The minimum absolute atomic E-state index is 0.101. The minimum Gasteiger partial charge on any atom is -0.352 e. The maximum Gasteiger partial charge on any atom is 0.253 e. The van der Waals surface area contributed by atoms with Crippen molar-refractivity contribution in [2.24, 2.45) is 0 Å². The Kier molecular flexibility index (Phi) is 5.85. The summed E-state index contributed by atoms with van der Waals surface area (Å²) >= 11 is 1.64. The van der Waals surface area contributed by atoms with Crippen LogP contribution in [0.2, 0.25) is 0 Å². The van der Waals surface area contributed by atoms with E-state index in [0.29, 0.717) is 17.8 Å². The van der Waals surface area contributed by atoms with Gasteiger partial charge in [-0.05, 0) is 45.4 Å². The van der Waals surface area contributed by atoms with Crippen LogP contribution in [0.3, 0.4) is 0 Å². The second-order valence-corrected chi connectivity index (χ2v) is 8.38. The van der Waals surface area contributed by atoms with Crippen molar-refractivity contribution in [3.8, 4) is 11.3 Å². The molecule has 1 N–H and O–H groups in total. The largest absolute Gasteiger partial charge is 0.352 e. The summed E-state index contributed by atoms with van der Waals surface area (Å²) < 4.78 is 1.87. The molecule has 4 heterocycles. The Bertz CT molecular complexity index is 1170. The third-order valence-corrected chi connectivity index (χ3v) is 5.78. The lowest BCUT2D eigenvalue weighted by molar-refractivity contribution is 0.0952. The fourth-order valence-electron chi connectivity index (χ4n) is 3.29. The van der Waals surface area contributed by atoms with Gasteiger partial charge in [0.2, 0.25) is 0 Å². The van der Waals surface area contributed by atoms with Crippen LogP contribution in [0.4, 0.5) is 0 Å². The topological polar surface area (TPSA) is 85.6 Å². The molecule has 0 unspecified atom stereocenters. The van der Waals surface area contributed by atoms with Crippen LogP contribution in [0.1, 0.15) is 47.4 Å². The molecule has 1 amide bonds. The molecule has 7 nitrogen and oxygen atoms in total. The number of amides is 1. The van der Waals surface area contributed by atoms with E-state index in [-0.39, 0.29) is 11.9 Å². The Hall–Kier alpha value is -3.13. The number of rotatable bonds is 7. The Morgan fingerprint density at radius 3 is 2.80 bits per heavy atom. The Morgan fingerprint density at radius 2 is 2.03 bits per heavy atom. The predicted octanol–water partition coefficient (Wildman–Crippen LogP) is 4.20. The molecule has 4 aromatic heterocycles. The van der Waals surface area contributed by atoms with E-state index in [1.54, 1.807) is 29.9 Å². The zero-order chi connectivity index (χ0) is 21.1. The van der Waals surface area contributed by atoms with Gasteiger partial charge in [-0.2, -0.15) is 5.10 Å². The van der Waals surface area contributed by atoms with Crippen molar-refractivity contribution in [1.82, 2.24) is 30.0 Å². The first-order chi connectivity index (χ1) is 14.5. The molecule has 0 bridgehead atoms. The average molecular weight is 421 g/mol. The van der Waals surface area contributed by atoms with Crippen molar-refractivity contribution in [2.75, 3.05) is 6.54 Å². The third-order valence-electron chi connectivity index (χ3n) is 4.87. The second-order valence-electron chi connectivity index (χ2n) is 7.44. The van der Waals surface area contributed by atoms with E-state index in [1.165, 1.54) is 0 Å². The van der Waals surface area contributed by atoms with Crippen molar-refractivity contribution >= 4 is 28.3 Å². The number of carbonyl (C=O) groups excluding carboxylic acids is 1. The highest BCUT2D eigenvalue weighted by atomic mass is 32.1. The minimum atomic E-state index is -0.101. The second kappa shape index (κ2) is 8.71. The molecular formula is C22H24N6OS. The molecule has 0 aliphatic rings. The van der Waals surface area contributed by atoms with Gasteiger partial charge in [0.05, 0.1) is 28.2 Å². The number of carbonyl (C=O) groups is 1. The fraction of sp³-hybridized carbons (Fsp3) is 0.318. The quantitative estimate of drug-likeness (QED) is 0.453. The van der Waals surface area contributed by atoms with Crippen LogP contribution in [0.25, 0.3) is 22.3 Å². The lowest BCUT2D eigenvalue weighted by atomic mass is 10.1. The molecule has 0 radical (unpaired) electrons. The highest BCUT2D eigenvalue weighted by Crippen LogP contribution is 2.22. The highest BCUT2D eigenvalue weighted by molar-refractivity contribution is 7.09. The normalized spacial score (nSPS) is 11.3. The first-order valence-corrected chi connectivity index (χ1v) is 10.9. The third kappa shape index (κ3) is 4.23. The maximum atomic E-state index is 12.7. The van der Waals surface area contributed by atoms with Crippen molar-refractivity contribution < 1.29 is 4.79 Å². The molecule has 4 rings (SSSR count). The summed E-state index contributed by atoms with van der Waals surface area (Å²) in [5.41, 5.74) is 4.16. The van der Waals surface area contributed by atoms with Crippen molar-refractivity contribution in [2.45, 2.75) is 39.7 Å². The zero-order valence-corrected chi connectivity index (χ0v) is 18.1. The van der Waals surface area contributed by atoms with Crippen LogP contribution >= 0.6 is 11.3 Å². The Morgan fingerprint density at radius 1 is 1.23 bits per heavy atom. The molecule has 154 valence electrons. The Labute approximate surface area is 179 Å². The molecule has 0 atom stereocenters. The molecule has 0 spiro atoms. The molecule has 8 heteroatoms. The van der Waals surface area contributed by atoms with Crippen LogP contribution in [0.5, 0.6) is 0 Å². The van der Waals surface area contributed by atoms with Gasteiger partial charge in [0.25, 0.3) is 5.91 Å². The molecule has 0 fully saturated rings. The van der Waals surface area contributed by atoms with Gasteiger partial charge in [-0.1, -0.05) is 0 Å². The number of thiazole rings is 1. The van der Waals surface area contributed by atoms with Crippen LogP contribution in [-0.2, 0) is 6.42 Å². The van der Waals surface area contributed by atoms with Crippen LogP contribution in [0, 0.1) is 6.92 Å². The van der Waals surface area contributed by atoms with Crippen molar-refractivity contribution in [3.05, 3.63) is 58.4 Å². The van der Waals surface area contributed by atoms with E-state index < -0.39 is 0 Å². The van der Waals surface area contributed by atoms with Crippen LogP contribution < -0.4 is 5.32 Å². The number of nitrogens with zero attached hydrogens (tertiary/aromatic N) is 5. The van der Waals surface area contributed by atoms with Gasteiger partial charge in [-0.3, -0.25) is 9.78 Å². The van der Waals surface area contributed by atoms with Crippen molar-refractivity contribution in [1.29, 1.82) is 0 Å². The smallest absolute Gasteiger partial charge is 0.253 e. The van der Waals surface area contributed by atoms with E-state index in [1.807, 2.05) is 29.8 Å². The monoisotopic (exact) mass is 420 g/mol. The van der Waals surface area contributed by atoms with E-state index in [2.05, 4.69) is 44.6 Å². The van der Waals surface area contributed by atoms with E-state index in [0.717, 1.165) is 40.1 Å². The Balaban J connectivity index is 1.34. The van der Waals surface area contributed by atoms with Gasteiger partial charge in [0, 0.05) is 47.7 Å². The molecule has 0 saturated heterocycles. The lowest BCUT2D eigenvalue weighted by Crippen LogP contribution is -2.25. The molecule has 30 heavy (non-hydrogen) atoms. The SMILES string of the molecule is Cc1nc2c(cnn2C(C)C)cc1C(=O)NCCCc1nc(-c2ccncc2)cs1. The molecule has 0 aromatic carbocycles. The summed E-state index contributed by atoms with van der Waals surface area (Å²) in [5.74, 6) is -0.101. The van der Waals surface area contributed by atoms with Crippen molar-refractivity contribution in [3.63, 3.8) is 0 Å². The van der Waals surface area contributed by atoms with Gasteiger partial charge < -0.3 is 5.32 Å². The molecule has 0 aliphatic heterocycles. The number of nitrogens with one attached hydrogen (secondary N) is 1. The highest BCUT2D eigenvalue weighted by Gasteiger charge is 2.15. The molecule has 4 aromatic rings. The van der Waals surface area contributed by atoms with E-state index in [4.69, 9.17) is 0 Å². The maximum absolute atomic E-state index is 12.7. The summed E-state index contributed by atoms with van der Waals surface area (Å²) in [7, 11) is 0. The molecule has 0 aliphatic carbocycles. The number of hydrogen-bond donors (Lipinski definition) is 1. The van der Waals surface area contributed by atoms with Gasteiger partial charge in [0.15, 0.2) is 5.65 Å². The molecule has 0 saturated carbocycles. The number of aryl methyl sites for hydroxylation is 2. The average Bonchev–Trinajstić information content (AvgIpc) is 3.38. The first-order valence-electron chi connectivity index (χ1n) is 10.0. The predicted molar refractivity (Wildman–Crippen MR) is 119 cm³/mol. The summed E-state index contributed by atoms with van der Waals surface area (Å²) in [6.07, 6.45) is 6.96. The number of aromatic nitrogens is 5. The first kappa shape index (κ1) is 20.2. The summed E-state index contributed by atoms with van der Waals surface area (Å²) in [6, 6.07) is 6.01. The summed E-state index contributed by atoms with van der Waals surface area (Å²) in [6.45, 7) is 6.58. The zero-order valence-electron chi connectivity index (χ0n) is 17.3. The number of pyridine rings is 2. The fourth-order valence-corrected chi connectivity index (χ4v) is 4.14. The van der Waals surface area contributed by atoms with Crippen LogP contribution in [-0.4, -0.2) is 37.2 Å². The van der Waals surface area contributed by atoms with Gasteiger partial charge in [-0.25, -0.2) is 14.6 Å². The van der Waals surface area contributed by atoms with Crippen LogP contribution in [0.15, 0.2) is 42.2 Å². The summed E-state index contributed by atoms with van der Waals surface area (Å²) in [5, 5.41) is 11.4.